The van der Waals surface area contributed by atoms with E-state index in [2.05, 4.69) is 5.32 Å². The molecule has 2 unspecified atom stereocenters. The largest absolute Gasteiger partial charge is 0.310 e. The van der Waals surface area contributed by atoms with Gasteiger partial charge in [0, 0.05) is 17.2 Å². The van der Waals surface area contributed by atoms with Crippen molar-refractivity contribution in [1.82, 2.24) is 5.32 Å². The van der Waals surface area contributed by atoms with E-state index in [1.165, 1.54) is 24.7 Å². The molecule has 1 saturated heterocycles. The Morgan fingerprint density at radius 2 is 2.07 bits per heavy atom. The van der Waals surface area contributed by atoms with Crippen molar-refractivity contribution in [3.05, 3.63) is 29.8 Å². The third kappa shape index (κ3) is 2.38. The monoisotopic (exact) mass is 224 g/mol. The van der Waals surface area contributed by atoms with E-state index in [1.807, 2.05) is 24.3 Å². The van der Waals surface area contributed by atoms with Gasteiger partial charge in [-0.05, 0) is 37.1 Å². The predicted molar refractivity (Wildman–Crippen MR) is 61.5 cm³/mol. The van der Waals surface area contributed by atoms with E-state index in [-0.39, 0.29) is 0 Å². The minimum Gasteiger partial charge on any atom is -0.310 e. The van der Waals surface area contributed by atoms with Crippen LogP contribution in [0.4, 0.5) is 0 Å². The summed E-state index contributed by atoms with van der Waals surface area (Å²) in [6, 6.07) is 8.03. The standard InChI is InChI=1S/C11H16N2OS/c1-15(12,14)10-6-4-9(5-7-10)11-3-2-8-13-11/h4-7,11-13H,2-3,8H2,1H3. The number of rotatable bonds is 2. The summed E-state index contributed by atoms with van der Waals surface area (Å²) in [6.07, 6.45) is 3.84. The number of hydrogen-bond donors (Lipinski definition) is 2. The summed E-state index contributed by atoms with van der Waals surface area (Å²) < 4.78 is 18.9. The van der Waals surface area contributed by atoms with Crippen LogP contribution in [0.2, 0.25) is 0 Å². The third-order valence-electron chi connectivity index (χ3n) is 2.79. The van der Waals surface area contributed by atoms with Crippen molar-refractivity contribution in [2.75, 3.05) is 12.8 Å². The molecule has 0 radical (unpaired) electrons. The van der Waals surface area contributed by atoms with E-state index in [4.69, 9.17) is 4.78 Å². The smallest absolute Gasteiger partial charge is 0.0696 e. The fraction of sp³-hybridized carbons (Fsp3) is 0.455. The molecule has 15 heavy (non-hydrogen) atoms. The third-order valence-corrected chi connectivity index (χ3v) is 3.96. The van der Waals surface area contributed by atoms with E-state index < -0.39 is 9.73 Å². The fourth-order valence-electron chi connectivity index (χ4n) is 1.93. The average Bonchev–Trinajstić information content (AvgIpc) is 2.69. The predicted octanol–water partition coefficient (Wildman–Crippen LogP) is 2.15. The van der Waals surface area contributed by atoms with Gasteiger partial charge in [-0.15, -0.1) is 0 Å². The summed E-state index contributed by atoms with van der Waals surface area (Å²) in [5, 5.41) is 3.41. The Bertz CT molecular complexity index is 430. The van der Waals surface area contributed by atoms with Crippen molar-refractivity contribution in [3.8, 4) is 0 Å². The summed E-state index contributed by atoms with van der Waals surface area (Å²) in [7, 11) is -2.56. The first-order valence-electron chi connectivity index (χ1n) is 5.14. The summed E-state index contributed by atoms with van der Waals surface area (Å²) in [5.74, 6) is 0. The molecule has 1 aromatic carbocycles. The Hall–Kier alpha value is -0.870. The summed E-state index contributed by atoms with van der Waals surface area (Å²) in [6.45, 7) is 1.08. The normalized spacial score (nSPS) is 25.0. The van der Waals surface area contributed by atoms with E-state index >= 15 is 0 Å². The van der Waals surface area contributed by atoms with Gasteiger partial charge in [0.15, 0.2) is 0 Å². The second-order valence-electron chi connectivity index (χ2n) is 4.06. The molecule has 0 bridgehead atoms. The fourth-order valence-corrected chi connectivity index (χ4v) is 2.58. The van der Waals surface area contributed by atoms with Gasteiger partial charge in [0.2, 0.25) is 0 Å². The molecule has 2 rings (SSSR count). The highest BCUT2D eigenvalue weighted by Gasteiger charge is 2.16. The lowest BCUT2D eigenvalue weighted by molar-refractivity contribution is 0.647. The Balaban J connectivity index is 2.24. The van der Waals surface area contributed by atoms with Gasteiger partial charge >= 0.3 is 0 Å². The highest BCUT2D eigenvalue weighted by Crippen LogP contribution is 2.23. The summed E-state index contributed by atoms with van der Waals surface area (Å²) in [5.41, 5.74) is 1.24. The lowest BCUT2D eigenvalue weighted by Gasteiger charge is -2.11. The molecule has 0 aromatic heterocycles. The van der Waals surface area contributed by atoms with Gasteiger partial charge in [-0.2, -0.15) is 0 Å². The van der Waals surface area contributed by atoms with Crippen LogP contribution in [0.1, 0.15) is 24.4 Å². The van der Waals surface area contributed by atoms with Gasteiger partial charge in [0.1, 0.15) is 0 Å². The number of benzene rings is 1. The zero-order valence-electron chi connectivity index (χ0n) is 8.82. The van der Waals surface area contributed by atoms with E-state index in [0.29, 0.717) is 10.9 Å². The van der Waals surface area contributed by atoms with E-state index in [1.54, 1.807) is 0 Å². The Morgan fingerprint density at radius 3 is 2.53 bits per heavy atom. The summed E-state index contributed by atoms with van der Waals surface area (Å²) >= 11 is 0. The topological polar surface area (TPSA) is 53.0 Å². The molecular formula is C11H16N2OS. The van der Waals surface area contributed by atoms with Gasteiger partial charge in [-0.25, -0.2) is 8.99 Å². The molecule has 82 valence electrons. The van der Waals surface area contributed by atoms with E-state index in [9.17, 15) is 4.21 Å². The molecule has 0 amide bonds. The van der Waals surface area contributed by atoms with Crippen molar-refractivity contribution < 1.29 is 4.21 Å². The van der Waals surface area contributed by atoms with Gasteiger partial charge in [0.05, 0.1) is 9.73 Å². The first kappa shape index (κ1) is 10.6. The number of hydrogen-bond acceptors (Lipinski definition) is 3. The Labute approximate surface area is 90.9 Å². The SMILES string of the molecule is CS(=N)(=O)c1ccc(C2CCCN2)cc1. The second kappa shape index (κ2) is 3.94. The maximum absolute atomic E-state index is 11.5. The van der Waals surface area contributed by atoms with Crippen molar-refractivity contribution in [2.24, 2.45) is 0 Å². The highest BCUT2D eigenvalue weighted by molar-refractivity contribution is 7.91. The summed E-state index contributed by atoms with van der Waals surface area (Å²) in [4.78, 5) is 0.615. The van der Waals surface area contributed by atoms with Crippen LogP contribution >= 0.6 is 0 Å². The van der Waals surface area contributed by atoms with Crippen LogP contribution < -0.4 is 5.32 Å². The lowest BCUT2D eigenvalue weighted by atomic mass is 10.1. The molecule has 0 saturated carbocycles. The molecule has 0 spiro atoms. The lowest BCUT2D eigenvalue weighted by Crippen LogP contribution is -2.12. The Morgan fingerprint density at radius 1 is 1.40 bits per heavy atom. The van der Waals surface area contributed by atoms with Crippen LogP contribution in [0.3, 0.4) is 0 Å². The van der Waals surface area contributed by atoms with Crippen LogP contribution in [0.5, 0.6) is 0 Å². The quantitative estimate of drug-likeness (QED) is 0.808. The minimum absolute atomic E-state index is 0.442. The van der Waals surface area contributed by atoms with Crippen molar-refractivity contribution in [2.45, 2.75) is 23.8 Å². The average molecular weight is 224 g/mol. The Kier molecular flexibility index (Phi) is 2.80. The molecule has 1 fully saturated rings. The number of nitrogens with one attached hydrogen (secondary N) is 2. The van der Waals surface area contributed by atoms with Crippen molar-refractivity contribution >= 4 is 9.73 Å². The first-order valence-corrected chi connectivity index (χ1v) is 7.11. The molecule has 1 heterocycles. The van der Waals surface area contributed by atoms with Crippen LogP contribution in [0, 0.1) is 4.78 Å². The minimum atomic E-state index is -2.56. The van der Waals surface area contributed by atoms with Gasteiger partial charge in [-0.3, -0.25) is 0 Å². The van der Waals surface area contributed by atoms with Crippen LogP contribution in [0.25, 0.3) is 0 Å². The molecule has 4 heteroatoms. The molecule has 3 nitrogen and oxygen atoms in total. The molecule has 1 aliphatic rings. The first-order chi connectivity index (χ1) is 7.07. The van der Waals surface area contributed by atoms with Crippen molar-refractivity contribution in [1.29, 1.82) is 4.78 Å². The van der Waals surface area contributed by atoms with Crippen LogP contribution in [0.15, 0.2) is 29.2 Å². The van der Waals surface area contributed by atoms with E-state index in [0.717, 1.165) is 6.54 Å². The van der Waals surface area contributed by atoms with Gasteiger partial charge < -0.3 is 5.32 Å². The zero-order valence-corrected chi connectivity index (χ0v) is 9.64. The van der Waals surface area contributed by atoms with Crippen LogP contribution in [-0.2, 0) is 9.73 Å². The highest BCUT2D eigenvalue weighted by atomic mass is 32.2. The molecule has 1 aliphatic heterocycles. The van der Waals surface area contributed by atoms with Crippen molar-refractivity contribution in [3.63, 3.8) is 0 Å². The molecule has 2 N–H and O–H groups in total. The van der Waals surface area contributed by atoms with Gasteiger partial charge in [0.25, 0.3) is 0 Å². The van der Waals surface area contributed by atoms with Crippen LogP contribution in [-0.4, -0.2) is 17.0 Å². The second-order valence-corrected chi connectivity index (χ2v) is 6.22. The molecule has 2 atom stereocenters. The molecule has 0 aliphatic carbocycles. The molecular weight excluding hydrogens is 208 g/mol. The maximum atomic E-state index is 11.5. The zero-order chi connectivity index (χ0) is 10.9. The maximum Gasteiger partial charge on any atom is 0.0696 e. The van der Waals surface area contributed by atoms with Gasteiger partial charge in [-0.1, -0.05) is 12.1 Å². The molecule has 1 aromatic rings.